The Hall–Kier alpha value is -4.13. The maximum Gasteiger partial charge on any atom is 0.334 e. The lowest BCUT2D eigenvalue weighted by Gasteiger charge is -2.18. The van der Waals surface area contributed by atoms with Gasteiger partial charge in [0.25, 0.3) is 5.91 Å². The molecule has 0 saturated heterocycles. The molecule has 3 rings (SSSR count). The number of benzene rings is 3. The molecule has 3 aromatic rings. The predicted molar refractivity (Wildman–Crippen MR) is 115 cm³/mol. The summed E-state index contributed by atoms with van der Waals surface area (Å²) in [6, 6.07) is 23.7. The van der Waals surface area contributed by atoms with E-state index in [9.17, 15) is 9.59 Å². The Kier molecular flexibility index (Phi) is 6.78. The molecule has 30 heavy (non-hydrogen) atoms. The lowest BCUT2D eigenvalue weighted by molar-refractivity contribution is -0.136. The number of nitrogens with two attached hydrogens (primary N) is 2. The smallest absolute Gasteiger partial charge is 0.334 e. The molecule has 0 bridgehead atoms. The molecule has 1 atom stereocenters. The molecule has 0 aromatic heterocycles. The zero-order valence-corrected chi connectivity index (χ0v) is 16.2. The predicted octanol–water partition coefficient (Wildman–Crippen LogP) is 2.54. The number of hydrogen-bond donors (Lipinski definition) is 3. The molecule has 3 aromatic carbocycles. The number of ether oxygens (including phenoxy) is 1. The first-order valence-corrected chi connectivity index (χ1v) is 9.32. The summed E-state index contributed by atoms with van der Waals surface area (Å²) < 4.78 is 5.48. The van der Waals surface area contributed by atoms with E-state index < -0.39 is 12.0 Å². The van der Waals surface area contributed by atoms with Gasteiger partial charge in [-0.15, -0.1) is 0 Å². The van der Waals surface area contributed by atoms with Gasteiger partial charge in [0.15, 0.2) is 5.96 Å². The third-order valence-electron chi connectivity index (χ3n) is 4.22. The number of nitrogens with zero attached hydrogens (tertiary/aromatic N) is 1. The van der Waals surface area contributed by atoms with Gasteiger partial charge in [0.1, 0.15) is 11.8 Å². The average molecular weight is 402 g/mol. The second-order valence-corrected chi connectivity index (χ2v) is 6.53. The normalized spacial score (nSPS) is 11.2. The summed E-state index contributed by atoms with van der Waals surface area (Å²) in [4.78, 5) is 29.4. The molecule has 7 nitrogen and oxygen atoms in total. The zero-order valence-electron chi connectivity index (χ0n) is 16.2. The maximum atomic E-state index is 12.8. The minimum absolute atomic E-state index is 0.0636. The van der Waals surface area contributed by atoms with Crippen LogP contribution in [-0.2, 0) is 11.2 Å². The maximum absolute atomic E-state index is 12.8. The molecular formula is C23H22N4O3. The molecule has 0 heterocycles. The number of aliphatic imine (C=N–C) groups is 1. The van der Waals surface area contributed by atoms with Crippen molar-refractivity contribution in [3.8, 4) is 5.75 Å². The quantitative estimate of drug-likeness (QED) is 0.243. The monoisotopic (exact) mass is 402 g/mol. The Balaban J connectivity index is 1.75. The first-order valence-electron chi connectivity index (χ1n) is 9.32. The molecule has 5 N–H and O–H groups in total. The molecule has 0 aliphatic heterocycles. The number of hydrogen-bond acceptors (Lipinski definition) is 4. The molecule has 0 saturated carbocycles. The van der Waals surface area contributed by atoms with Gasteiger partial charge in [-0.3, -0.25) is 4.79 Å². The van der Waals surface area contributed by atoms with Crippen LogP contribution in [0.15, 0.2) is 89.9 Å². The number of carbonyl (C=O) groups excluding carboxylic acids is 2. The number of guanidine groups is 1. The summed E-state index contributed by atoms with van der Waals surface area (Å²) in [6.45, 7) is 0. The Morgan fingerprint density at radius 3 is 2.07 bits per heavy atom. The Bertz CT molecular complexity index is 1020. The van der Waals surface area contributed by atoms with E-state index in [1.54, 1.807) is 48.5 Å². The van der Waals surface area contributed by atoms with Gasteiger partial charge >= 0.3 is 5.97 Å². The third-order valence-corrected chi connectivity index (χ3v) is 4.22. The number of rotatable bonds is 7. The van der Waals surface area contributed by atoms with Gasteiger partial charge in [-0.25, -0.2) is 9.79 Å². The van der Waals surface area contributed by atoms with Crippen LogP contribution < -0.4 is 21.5 Å². The molecule has 0 unspecified atom stereocenters. The first kappa shape index (κ1) is 20.6. The van der Waals surface area contributed by atoms with Gasteiger partial charge in [-0.1, -0.05) is 48.5 Å². The molecule has 0 radical (unpaired) electrons. The van der Waals surface area contributed by atoms with Crippen molar-refractivity contribution in [2.75, 3.05) is 0 Å². The summed E-state index contributed by atoms with van der Waals surface area (Å²) in [5.41, 5.74) is 12.6. The first-order chi connectivity index (χ1) is 14.5. The number of esters is 1. The Labute approximate surface area is 174 Å². The molecule has 1 amide bonds. The van der Waals surface area contributed by atoms with E-state index in [0.29, 0.717) is 23.4 Å². The van der Waals surface area contributed by atoms with Gasteiger partial charge < -0.3 is 21.5 Å². The van der Waals surface area contributed by atoms with Crippen molar-refractivity contribution in [2.45, 2.75) is 12.5 Å². The summed E-state index contributed by atoms with van der Waals surface area (Å²) in [5.74, 6) is -0.665. The van der Waals surface area contributed by atoms with E-state index in [1.807, 2.05) is 36.4 Å². The van der Waals surface area contributed by atoms with E-state index in [-0.39, 0.29) is 11.9 Å². The van der Waals surface area contributed by atoms with E-state index >= 15 is 0 Å². The summed E-state index contributed by atoms with van der Waals surface area (Å²) in [5, 5.41) is 2.77. The minimum atomic E-state index is -0.863. The lowest BCUT2D eigenvalue weighted by atomic mass is 10.1. The van der Waals surface area contributed by atoms with Crippen LogP contribution >= 0.6 is 0 Å². The summed E-state index contributed by atoms with van der Waals surface area (Å²) in [7, 11) is 0. The standard InChI is InChI=1S/C23H22N4O3/c24-23(25)26-18-11-13-19(14-12-18)30-22(29)20(15-16-7-3-1-4-8-16)27-21(28)17-9-5-2-6-10-17/h1-14,20H,15H2,(H,27,28)(H4,24,25,26)/t20-/m0/s1. The van der Waals surface area contributed by atoms with E-state index in [4.69, 9.17) is 16.2 Å². The fraction of sp³-hybridized carbons (Fsp3) is 0.0870. The lowest BCUT2D eigenvalue weighted by Crippen LogP contribution is -2.44. The van der Waals surface area contributed by atoms with Crippen LogP contribution in [0.2, 0.25) is 0 Å². The van der Waals surface area contributed by atoms with Gasteiger partial charge in [0.2, 0.25) is 0 Å². The number of amides is 1. The van der Waals surface area contributed by atoms with Crippen LogP contribution in [0.25, 0.3) is 0 Å². The fourth-order valence-corrected chi connectivity index (χ4v) is 2.80. The van der Waals surface area contributed by atoms with Crippen molar-refractivity contribution < 1.29 is 14.3 Å². The fourth-order valence-electron chi connectivity index (χ4n) is 2.80. The van der Waals surface area contributed by atoms with Crippen molar-refractivity contribution in [3.05, 3.63) is 96.1 Å². The Morgan fingerprint density at radius 1 is 0.867 bits per heavy atom. The van der Waals surface area contributed by atoms with Crippen LogP contribution in [0.5, 0.6) is 5.75 Å². The van der Waals surface area contributed by atoms with Crippen molar-refractivity contribution in [3.63, 3.8) is 0 Å². The van der Waals surface area contributed by atoms with Crippen LogP contribution in [0.1, 0.15) is 15.9 Å². The summed E-state index contributed by atoms with van der Waals surface area (Å²) >= 11 is 0. The van der Waals surface area contributed by atoms with Gasteiger partial charge in [0.05, 0.1) is 5.69 Å². The topological polar surface area (TPSA) is 120 Å². The summed E-state index contributed by atoms with van der Waals surface area (Å²) in [6.07, 6.45) is 0.296. The van der Waals surface area contributed by atoms with Crippen molar-refractivity contribution in [1.29, 1.82) is 0 Å². The Morgan fingerprint density at radius 2 is 1.47 bits per heavy atom. The minimum Gasteiger partial charge on any atom is -0.425 e. The third kappa shape index (κ3) is 5.93. The van der Waals surface area contributed by atoms with E-state index in [1.165, 1.54) is 0 Å². The number of carbonyl (C=O) groups is 2. The highest BCUT2D eigenvalue weighted by atomic mass is 16.5. The molecule has 0 aliphatic rings. The molecular weight excluding hydrogens is 380 g/mol. The van der Waals surface area contributed by atoms with Crippen molar-refractivity contribution >= 4 is 23.5 Å². The SMILES string of the molecule is NC(N)=Nc1ccc(OC(=O)[C@H](Cc2ccccc2)NC(=O)c2ccccc2)cc1. The molecule has 0 spiro atoms. The van der Waals surface area contributed by atoms with Crippen LogP contribution in [0, 0.1) is 0 Å². The van der Waals surface area contributed by atoms with Crippen LogP contribution in [-0.4, -0.2) is 23.9 Å². The second kappa shape index (κ2) is 9.88. The van der Waals surface area contributed by atoms with E-state index in [0.717, 1.165) is 5.56 Å². The highest BCUT2D eigenvalue weighted by Gasteiger charge is 2.24. The second-order valence-electron chi connectivity index (χ2n) is 6.53. The molecule has 152 valence electrons. The molecule has 0 aliphatic carbocycles. The van der Waals surface area contributed by atoms with E-state index in [2.05, 4.69) is 10.3 Å². The zero-order chi connectivity index (χ0) is 21.3. The number of nitrogens with one attached hydrogen (secondary N) is 1. The van der Waals surface area contributed by atoms with Crippen LogP contribution in [0.4, 0.5) is 5.69 Å². The average Bonchev–Trinajstić information content (AvgIpc) is 2.75. The van der Waals surface area contributed by atoms with Gasteiger partial charge in [0, 0.05) is 12.0 Å². The largest absolute Gasteiger partial charge is 0.425 e. The van der Waals surface area contributed by atoms with Gasteiger partial charge in [-0.05, 0) is 42.0 Å². The van der Waals surface area contributed by atoms with Crippen molar-refractivity contribution in [1.82, 2.24) is 5.32 Å². The highest BCUT2D eigenvalue weighted by Crippen LogP contribution is 2.19. The molecule has 7 heteroatoms. The van der Waals surface area contributed by atoms with Gasteiger partial charge in [-0.2, -0.15) is 0 Å². The highest BCUT2D eigenvalue weighted by molar-refractivity contribution is 5.97. The van der Waals surface area contributed by atoms with Crippen molar-refractivity contribution in [2.24, 2.45) is 16.5 Å². The molecule has 0 fully saturated rings. The van der Waals surface area contributed by atoms with Crippen LogP contribution in [0.3, 0.4) is 0 Å².